The lowest BCUT2D eigenvalue weighted by Crippen LogP contribution is -2.33. The molecular weight excluding hydrogens is 384 g/mol. The average Bonchev–Trinajstić information content (AvgIpc) is 3.12. The molecule has 1 aromatic carbocycles. The summed E-state index contributed by atoms with van der Waals surface area (Å²) in [4.78, 5) is 35.2. The van der Waals surface area contributed by atoms with Crippen molar-refractivity contribution in [2.24, 2.45) is 0 Å². The summed E-state index contributed by atoms with van der Waals surface area (Å²) < 4.78 is 1.46. The molecular formula is C22H24N4O2S. The molecule has 6 nitrogen and oxygen atoms in total. The molecule has 150 valence electrons. The fourth-order valence-corrected chi connectivity index (χ4v) is 4.70. The van der Waals surface area contributed by atoms with Gasteiger partial charge in [0.05, 0.1) is 5.39 Å². The summed E-state index contributed by atoms with van der Waals surface area (Å²) in [7, 11) is 0. The van der Waals surface area contributed by atoms with Gasteiger partial charge in [0, 0.05) is 28.0 Å². The molecule has 0 atom stereocenters. The van der Waals surface area contributed by atoms with Gasteiger partial charge in [0.1, 0.15) is 17.2 Å². The summed E-state index contributed by atoms with van der Waals surface area (Å²) in [6, 6.07) is 6.13. The van der Waals surface area contributed by atoms with Gasteiger partial charge in [-0.2, -0.15) is 0 Å². The maximum Gasteiger partial charge on any atom is 0.263 e. The van der Waals surface area contributed by atoms with Crippen LogP contribution >= 0.6 is 11.3 Å². The molecule has 1 amide bonds. The van der Waals surface area contributed by atoms with Crippen LogP contribution in [0.3, 0.4) is 0 Å². The highest BCUT2D eigenvalue weighted by molar-refractivity contribution is 7.18. The lowest BCUT2D eigenvalue weighted by molar-refractivity contribution is -0.121. The molecule has 3 aromatic heterocycles. The summed E-state index contributed by atoms with van der Waals surface area (Å²) in [6.45, 7) is 10.2. The first-order chi connectivity index (χ1) is 13.8. The smallest absolute Gasteiger partial charge is 0.263 e. The molecule has 0 aliphatic heterocycles. The standard InChI is InChI=1S/C22H24N4O2S/c1-11-13(3)24-18-7-6-16(8-17(11)18)9-23-19(27)10-26-15(5)25-21-20(22(26)28)12(2)14(4)29-21/h6-8,24H,9-10H2,1-5H3,(H,23,27). The Kier molecular flexibility index (Phi) is 4.78. The first-order valence-electron chi connectivity index (χ1n) is 9.58. The Morgan fingerprint density at radius 1 is 1.17 bits per heavy atom. The van der Waals surface area contributed by atoms with Crippen molar-refractivity contribution in [2.45, 2.75) is 47.7 Å². The fraction of sp³-hybridized carbons (Fsp3) is 0.318. The summed E-state index contributed by atoms with van der Waals surface area (Å²) in [5.41, 5.74) is 5.29. The number of fused-ring (bicyclic) bond motifs is 2. The van der Waals surface area contributed by atoms with Crippen LogP contribution in [0.4, 0.5) is 0 Å². The number of H-pyrrole nitrogens is 1. The maximum atomic E-state index is 12.9. The van der Waals surface area contributed by atoms with Crippen molar-refractivity contribution in [3.63, 3.8) is 0 Å². The highest BCUT2D eigenvalue weighted by Crippen LogP contribution is 2.26. The van der Waals surface area contributed by atoms with E-state index in [1.54, 1.807) is 6.92 Å². The van der Waals surface area contributed by atoms with Crippen LogP contribution in [-0.4, -0.2) is 20.4 Å². The summed E-state index contributed by atoms with van der Waals surface area (Å²) in [5, 5.41) is 4.71. The third kappa shape index (κ3) is 3.35. The second-order valence-electron chi connectivity index (χ2n) is 7.55. The normalized spacial score (nSPS) is 11.5. The van der Waals surface area contributed by atoms with E-state index in [0.29, 0.717) is 17.8 Å². The highest BCUT2D eigenvalue weighted by atomic mass is 32.1. The topological polar surface area (TPSA) is 79.8 Å². The molecule has 0 spiro atoms. The van der Waals surface area contributed by atoms with Gasteiger partial charge < -0.3 is 10.3 Å². The maximum absolute atomic E-state index is 12.9. The molecule has 2 N–H and O–H groups in total. The van der Waals surface area contributed by atoms with Crippen molar-refractivity contribution in [1.29, 1.82) is 0 Å². The first-order valence-corrected chi connectivity index (χ1v) is 10.4. The molecule has 0 aliphatic rings. The average molecular weight is 409 g/mol. The molecule has 4 rings (SSSR count). The van der Waals surface area contributed by atoms with Crippen molar-refractivity contribution in [2.75, 3.05) is 0 Å². The number of thiophene rings is 1. The number of aromatic amines is 1. The van der Waals surface area contributed by atoms with E-state index in [1.165, 1.54) is 26.9 Å². The van der Waals surface area contributed by atoms with Crippen LogP contribution in [0, 0.1) is 34.6 Å². The number of amides is 1. The van der Waals surface area contributed by atoms with Crippen molar-refractivity contribution >= 4 is 38.4 Å². The number of benzene rings is 1. The zero-order chi connectivity index (χ0) is 20.9. The monoisotopic (exact) mass is 408 g/mol. The Morgan fingerprint density at radius 3 is 2.69 bits per heavy atom. The molecule has 3 heterocycles. The van der Waals surface area contributed by atoms with Gasteiger partial charge in [0.2, 0.25) is 5.91 Å². The number of nitrogens with one attached hydrogen (secondary N) is 2. The van der Waals surface area contributed by atoms with E-state index in [0.717, 1.165) is 32.0 Å². The van der Waals surface area contributed by atoms with Gasteiger partial charge in [-0.25, -0.2) is 4.98 Å². The molecule has 4 aromatic rings. The predicted molar refractivity (Wildman–Crippen MR) is 118 cm³/mol. The van der Waals surface area contributed by atoms with Crippen molar-refractivity contribution in [1.82, 2.24) is 19.9 Å². The SMILES string of the molecule is Cc1[nH]c2ccc(CNC(=O)Cn3c(C)nc4sc(C)c(C)c4c3=O)cc2c1C. The highest BCUT2D eigenvalue weighted by Gasteiger charge is 2.16. The van der Waals surface area contributed by atoms with Gasteiger partial charge in [-0.15, -0.1) is 11.3 Å². The second kappa shape index (κ2) is 7.15. The molecule has 0 bridgehead atoms. The molecule has 0 unspecified atom stereocenters. The first kappa shape index (κ1) is 19.4. The molecule has 0 saturated heterocycles. The molecule has 0 fully saturated rings. The number of nitrogens with zero attached hydrogens (tertiary/aromatic N) is 2. The van der Waals surface area contributed by atoms with Crippen LogP contribution in [-0.2, 0) is 17.9 Å². The number of aryl methyl sites for hydroxylation is 5. The molecule has 29 heavy (non-hydrogen) atoms. The molecule has 0 radical (unpaired) electrons. The van der Waals surface area contributed by atoms with E-state index < -0.39 is 0 Å². The number of hydrogen-bond acceptors (Lipinski definition) is 4. The fourth-order valence-electron chi connectivity index (χ4n) is 3.63. The second-order valence-corrected chi connectivity index (χ2v) is 8.75. The van der Waals surface area contributed by atoms with Crippen LogP contribution < -0.4 is 10.9 Å². The third-order valence-corrected chi connectivity index (χ3v) is 6.74. The van der Waals surface area contributed by atoms with Gasteiger partial charge in [-0.1, -0.05) is 6.07 Å². The minimum Gasteiger partial charge on any atom is -0.358 e. The quantitative estimate of drug-likeness (QED) is 0.539. The molecule has 7 heteroatoms. The van der Waals surface area contributed by atoms with E-state index in [2.05, 4.69) is 35.2 Å². The number of carbonyl (C=O) groups is 1. The van der Waals surface area contributed by atoms with E-state index >= 15 is 0 Å². The van der Waals surface area contributed by atoms with Crippen LogP contribution in [0.15, 0.2) is 23.0 Å². The Labute approximate surface area is 172 Å². The largest absolute Gasteiger partial charge is 0.358 e. The van der Waals surface area contributed by atoms with E-state index in [-0.39, 0.29) is 18.0 Å². The molecule has 0 aliphatic carbocycles. The number of hydrogen-bond donors (Lipinski definition) is 2. The van der Waals surface area contributed by atoms with Crippen LogP contribution in [0.25, 0.3) is 21.1 Å². The van der Waals surface area contributed by atoms with E-state index in [9.17, 15) is 9.59 Å². The van der Waals surface area contributed by atoms with E-state index in [4.69, 9.17) is 0 Å². The lowest BCUT2D eigenvalue weighted by Gasteiger charge is -2.10. The van der Waals surface area contributed by atoms with Crippen LogP contribution in [0.2, 0.25) is 0 Å². The van der Waals surface area contributed by atoms with Gasteiger partial charge in [-0.3, -0.25) is 14.2 Å². The van der Waals surface area contributed by atoms with Crippen LogP contribution in [0.5, 0.6) is 0 Å². The van der Waals surface area contributed by atoms with Gasteiger partial charge in [0.25, 0.3) is 5.56 Å². The summed E-state index contributed by atoms with van der Waals surface area (Å²) in [5.74, 6) is 0.349. The van der Waals surface area contributed by atoms with Crippen LogP contribution in [0.1, 0.15) is 33.1 Å². The van der Waals surface area contributed by atoms with Gasteiger partial charge in [0.15, 0.2) is 0 Å². The van der Waals surface area contributed by atoms with Crippen molar-refractivity contribution in [3.8, 4) is 0 Å². The Hall–Kier alpha value is -2.93. The Bertz CT molecular complexity index is 1330. The predicted octanol–water partition coefficient (Wildman–Crippen LogP) is 3.80. The Morgan fingerprint density at radius 2 is 1.93 bits per heavy atom. The van der Waals surface area contributed by atoms with Gasteiger partial charge >= 0.3 is 0 Å². The minimum absolute atomic E-state index is 0.0352. The van der Waals surface area contributed by atoms with Crippen molar-refractivity contribution in [3.05, 3.63) is 61.6 Å². The minimum atomic E-state index is -0.206. The zero-order valence-corrected chi connectivity index (χ0v) is 18.1. The number of aromatic nitrogens is 3. The lowest BCUT2D eigenvalue weighted by atomic mass is 10.1. The molecule has 0 saturated carbocycles. The number of rotatable bonds is 4. The van der Waals surface area contributed by atoms with E-state index in [1.807, 2.05) is 26.0 Å². The Balaban J connectivity index is 1.54. The third-order valence-electron chi connectivity index (χ3n) is 5.64. The van der Waals surface area contributed by atoms with Crippen molar-refractivity contribution < 1.29 is 4.79 Å². The zero-order valence-electron chi connectivity index (χ0n) is 17.3. The van der Waals surface area contributed by atoms with Gasteiger partial charge in [-0.05, 0) is 63.4 Å². The summed E-state index contributed by atoms with van der Waals surface area (Å²) >= 11 is 1.52. The summed E-state index contributed by atoms with van der Waals surface area (Å²) in [6.07, 6.45) is 0. The number of carbonyl (C=O) groups excluding carboxylic acids is 1.